The fourth-order valence-electron chi connectivity index (χ4n) is 1.72. The molecule has 0 heterocycles. The Hall–Kier alpha value is -0.940. The molecule has 3 nitrogen and oxygen atoms in total. The Labute approximate surface area is 152 Å². The van der Waals surface area contributed by atoms with Crippen molar-refractivity contribution in [1.29, 1.82) is 0 Å². The van der Waals surface area contributed by atoms with Gasteiger partial charge in [0, 0.05) is 15.7 Å². The normalized spacial score (nSPS) is 12.5. The zero-order valence-electron chi connectivity index (χ0n) is 11.2. The lowest BCUT2D eigenvalue weighted by atomic mass is 10.2. The third-order valence-electron chi connectivity index (χ3n) is 2.79. The Morgan fingerprint density at radius 3 is 2.14 bits per heavy atom. The zero-order valence-corrected chi connectivity index (χ0v) is 15.0. The number of alkyl halides is 3. The fourth-order valence-corrected chi connectivity index (χ4v) is 2.31. The highest BCUT2D eigenvalue weighted by Crippen LogP contribution is 2.31. The van der Waals surface area contributed by atoms with Gasteiger partial charge in [0.1, 0.15) is 6.17 Å². The number of hydrogen-bond donors (Lipinski definition) is 2. The number of benzene rings is 2. The largest absolute Gasteiger partial charge is 0.362 e. The van der Waals surface area contributed by atoms with Gasteiger partial charge in [0.15, 0.2) is 0 Å². The quantitative estimate of drug-likeness (QED) is 0.539. The van der Waals surface area contributed by atoms with E-state index in [0.717, 1.165) is 4.47 Å². The summed E-state index contributed by atoms with van der Waals surface area (Å²) in [5.74, 6) is -0.332. The van der Waals surface area contributed by atoms with Gasteiger partial charge in [-0.3, -0.25) is 4.79 Å². The van der Waals surface area contributed by atoms with E-state index >= 15 is 0 Å². The van der Waals surface area contributed by atoms with Crippen LogP contribution in [0.1, 0.15) is 10.4 Å². The van der Waals surface area contributed by atoms with Crippen LogP contribution >= 0.6 is 50.7 Å². The average Bonchev–Trinajstić information content (AvgIpc) is 2.48. The molecule has 0 aliphatic rings. The van der Waals surface area contributed by atoms with Crippen molar-refractivity contribution in [3.05, 3.63) is 64.6 Å². The molecule has 0 fully saturated rings. The summed E-state index contributed by atoms with van der Waals surface area (Å²) in [4.78, 5) is 12.2. The van der Waals surface area contributed by atoms with Crippen LogP contribution < -0.4 is 10.6 Å². The molecule has 0 unspecified atom stereocenters. The lowest BCUT2D eigenvalue weighted by Crippen LogP contribution is -2.49. The molecule has 7 heteroatoms. The predicted molar refractivity (Wildman–Crippen MR) is 95.8 cm³/mol. The van der Waals surface area contributed by atoms with E-state index < -0.39 is 9.96 Å². The summed E-state index contributed by atoms with van der Waals surface area (Å²) in [5.41, 5.74) is 1.20. The lowest BCUT2D eigenvalue weighted by Gasteiger charge is -2.27. The van der Waals surface area contributed by atoms with Crippen molar-refractivity contribution >= 4 is 62.3 Å². The summed E-state index contributed by atoms with van der Waals surface area (Å²) in [7, 11) is 0. The highest BCUT2D eigenvalue weighted by Gasteiger charge is 2.34. The number of rotatable bonds is 4. The van der Waals surface area contributed by atoms with E-state index in [1.807, 2.05) is 30.3 Å². The maximum atomic E-state index is 12.2. The van der Waals surface area contributed by atoms with E-state index in [1.165, 1.54) is 0 Å². The molecule has 0 spiro atoms. The van der Waals surface area contributed by atoms with E-state index in [4.69, 9.17) is 34.8 Å². The summed E-state index contributed by atoms with van der Waals surface area (Å²) >= 11 is 21.2. The second-order valence-electron chi connectivity index (χ2n) is 4.47. The van der Waals surface area contributed by atoms with Crippen LogP contribution in [0.5, 0.6) is 0 Å². The first kappa shape index (κ1) is 17.4. The predicted octanol–water partition coefficient (Wildman–Crippen LogP) is 4.99. The minimum atomic E-state index is -1.71. The van der Waals surface area contributed by atoms with Crippen LogP contribution in [0.15, 0.2) is 59.1 Å². The Morgan fingerprint density at radius 2 is 1.59 bits per heavy atom. The number of hydrogen-bond acceptors (Lipinski definition) is 2. The Kier molecular flexibility index (Phi) is 5.98. The van der Waals surface area contributed by atoms with E-state index in [0.29, 0.717) is 11.3 Å². The van der Waals surface area contributed by atoms with E-state index in [2.05, 4.69) is 26.6 Å². The molecule has 0 aliphatic carbocycles. The van der Waals surface area contributed by atoms with Gasteiger partial charge in [0.05, 0.1) is 0 Å². The SMILES string of the molecule is O=C(N[C@@H](Nc1ccc(Br)cc1)C(Cl)(Cl)Cl)c1ccccc1. The van der Waals surface area contributed by atoms with Gasteiger partial charge in [0.25, 0.3) is 5.91 Å². The van der Waals surface area contributed by atoms with Gasteiger partial charge in [-0.15, -0.1) is 0 Å². The first-order chi connectivity index (χ1) is 10.4. The molecule has 2 N–H and O–H groups in total. The molecule has 0 radical (unpaired) electrons. The van der Waals surface area contributed by atoms with Crippen LogP contribution in [-0.2, 0) is 0 Å². The van der Waals surface area contributed by atoms with Crippen molar-refractivity contribution in [1.82, 2.24) is 5.32 Å². The van der Waals surface area contributed by atoms with Crippen LogP contribution in [0.4, 0.5) is 5.69 Å². The van der Waals surface area contributed by atoms with Crippen LogP contribution in [0, 0.1) is 0 Å². The molecule has 2 rings (SSSR count). The number of halogens is 4. The lowest BCUT2D eigenvalue weighted by molar-refractivity contribution is 0.0942. The van der Waals surface area contributed by atoms with Crippen LogP contribution in [0.25, 0.3) is 0 Å². The van der Waals surface area contributed by atoms with Gasteiger partial charge in [-0.2, -0.15) is 0 Å². The van der Waals surface area contributed by atoms with Gasteiger partial charge >= 0.3 is 0 Å². The third kappa shape index (κ3) is 5.06. The molecular weight excluding hydrogens is 410 g/mol. The molecule has 116 valence electrons. The van der Waals surface area contributed by atoms with Crippen molar-refractivity contribution in [3.63, 3.8) is 0 Å². The molecule has 0 bridgehead atoms. The van der Waals surface area contributed by atoms with E-state index in [1.54, 1.807) is 24.3 Å². The second kappa shape index (κ2) is 7.55. The molecule has 1 amide bonds. The van der Waals surface area contributed by atoms with Crippen LogP contribution in [0.2, 0.25) is 0 Å². The highest BCUT2D eigenvalue weighted by molar-refractivity contribution is 9.10. The second-order valence-corrected chi connectivity index (χ2v) is 7.75. The van der Waals surface area contributed by atoms with Gasteiger partial charge in [-0.1, -0.05) is 68.9 Å². The third-order valence-corrected chi connectivity index (χ3v) is 3.98. The smallest absolute Gasteiger partial charge is 0.252 e. The van der Waals surface area contributed by atoms with Gasteiger partial charge in [-0.25, -0.2) is 0 Å². The van der Waals surface area contributed by atoms with Crippen molar-refractivity contribution in [3.8, 4) is 0 Å². The maximum absolute atomic E-state index is 12.2. The minimum absolute atomic E-state index is 0.332. The standard InChI is InChI=1S/C15H12BrCl3N2O/c16-11-6-8-12(9-7-11)20-14(15(17,18)19)21-13(22)10-4-2-1-3-5-10/h1-9,14,20H,(H,21,22)/t14-/m1/s1. The summed E-state index contributed by atoms with van der Waals surface area (Å²) in [6, 6.07) is 16.0. The van der Waals surface area contributed by atoms with Crippen molar-refractivity contribution in [2.75, 3.05) is 5.32 Å². The molecule has 2 aromatic carbocycles. The first-order valence-corrected chi connectivity index (χ1v) is 8.24. The van der Waals surface area contributed by atoms with E-state index in [9.17, 15) is 4.79 Å². The molecule has 0 saturated heterocycles. The molecule has 2 aromatic rings. The summed E-state index contributed by atoms with van der Waals surface area (Å²) in [6.45, 7) is 0. The molecule has 0 aromatic heterocycles. The van der Waals surface area contributed by atoms with Crippen molar-refractivity contribution in [2.24, 2.45) is 0 Å². The number of carbonyl (C=O) groups excluding carboxylic acids is 1. The highest BCUT2D eigenvalue weighted by atomic mass is 79.9. The Bertz CT molecular complexity index is 629. The monoisotopic (exact) mass is 420 g/mol. The van der Waals surface area contributed by atoms with Crippen molar-refractivity contribution in [2.45, 2.75) is 9.96 Å². The Morgan fingerprint density at radius 1 is 1.00 bits per heavy atom. The van der Waals surface area contributed by atoms with Gasteiger partial charge in [0.2, 0.25) is 3.79 Å². The van der Waals surface area contributed by atoms with Crippen LogP contribution in [-0.4, -0.2) is 15.9 Å². The topological polar surface area (TPSA) is 41.1 Å². The van der Waals surface area contributed by atoms with Crippen LogP contribution in [0.3, 0.4) is 0 Å². The zero-order chi connectivity index (χ0) is 16.2. The summed E-state index contributed by atoms with van der Waals surface area (Å²) < 4.78 is -0.783. The van der Waals surface area contributed by atoms with Gasteiger partial charge in [-0.05, 0) is 36.4 Å². The van der Waals surface area contributed by atoms with E-state index in [-0.39, 0.29) is 5.91 Å². The molecular formula is C15H12BrCl3N2O. The molecule has 0 aliphatic heterocycles. The number of carbonyl (C=O) groups is 1. The number of nitrogens with one attached hydrogen (secondary N) is 2. The maximum Gasteiger partial charge on any atom is 0.252 e. The summed E-state index contributed by atoms with van der Waals surface area (Å²) in [6.07, 6.45) is -0.883. The molecule has 1 atom stereocenters. The Balaban J connectivity index is 2.13. The molecule has 22 heavy (non-hydrogen) atoms. The number of amides is 1. The summed E-state index contributed by atoms with van der Waals surface area (Å²) in [5, 5.41) is 5.68. The molecule has 0 saturated carbocycles. The van der Waals surface area contributed by atoms with Gasteiger partial charge < -0.3 is 10.6 Å². The minimum Gasteiger partial charge on any atom is -0.362 e. The number of anilines is 1. The average molecular weight is 423 g/mol. The van der Waals surface area contributed by atoms with Crippen molar-refractivity contribution < 1.29 is 4.79 Å². The first-order valence-electron chi connectivity index (χ1n) is 6.31. The fraction of sp³-hybridized carbons (Fsp3) is 0.133.